The van der Waals surface area contributed by atoms with Crippen LogP contribution in [0.5, 0.6) is 0 Å². The van der Waals surface area contributed by atoms with Gasteiger partial charge in [0.05, 0.1) is 12.5 Å². The first-order valence-electron chi connectivity index (χ1n) is 7.54. The molecule has 2 aromatic rings. The van der Waals surface area contributed by atoms with Crippen molar-refractivity contribution >= 4 is 17.7 Å². The van der Waals surface area contributed by atoms with E-state index in [-0.39, 0.29) is 11.8 Å². The zero-order chi connectivity index (χ0) is 15.4. The number of benzene rings is 1. The number of hydrogen-bond donors (Lipinski definition) is 1. The second-order valence-corrected chi connectivity index (χ2v) is 6.35. The molecule has 1 aromatic heterocycles. The van der Waals surface area contributed by atoms with Crippen molar-refractivity contribution in [2.75, 3.05) is 5.75 Å². The highest BCUT2D eigenvalue weighted by atomic mass is 32.2. The molecule has 1 aliphatic rings. The fourth-order valence-electron chi connectivity index (χ4n) is 2.50. The van der Waals surface area contributed by atoms with Crippen molar-refractivity contribution in [1.82, 2.24) is 25.5 Å². The average molecular weight is 317 g/mol. The van der Waals surface area contributed by atoms with Crippen molar-refractivity contribution < 1.29 is 4.79 Å². The number of amides is 1. The van der Waals surface area contributed by atoms with Crippen LogP contribution in [-0.2, 0) is 17.9 Å². The quantitative estimate of drug-likeness (QED) is 0.882. The summed E-state index contributed by atoms with van der Waals surface area (Å²) in [4.78, 5) is 13.6. The summed E-state index contributed by atoms with van der Waals surface area (Å²) < 4.78 is 1.77. The molecule has 2 heterocycles. The fourth-order valence-corrected chi connectivity index (χ4v) is 3.73. The summed E-state index contributed by atoms with van der Waals surface area (Å²) in [6.07, 6.45) is 2.11. The Bertz CT molecular complexity index is 657. The first kappa shape index (κ1) is 15.0. The van der Waals surface area contributed by atoms with Crippen molar-refractivity contribution in [3.63, 3.8) is 0 Å². The van der Waals surface area contributed by atoms with Crippen LogP contribution in [0.15, 0.2) is 29.2 Å². The van der Waals surface area contributed by atoms with Gasteiger partial charge in [0.15, 0.2) is 5.82 Å². The van der Waals surface area contributed by atoms with Crippen molar-refractivity contribution in [2.24, 2.45) is 0 Å². The molecule has 0 fully saturated rings. The molecule has 3 rings (SSSR count). The van der Waals surface area contributed by atoms with Gasteiger partial charge in [-0.05, 0) is 28.5 Å². The maximum absolute atomic E-state index is 12.4. The maximum Gasteiger partial charge on any atom is 0.228 e. The van der Waals surface area contributed by atoms with E-state index in [9.17, 15) is 4.79 Å². The molecular formula is C15H19N5OS. The molecule has 1 N–H and O–H groups in total. The number of tetrazole rings is 1. The van der Waals surface area contributed by atoms with Gasteiger partial charge in [-0.25, -0.2) is 4.68 Å². The van der Waals surface area contributed by atoms with Crippen LogP contribution in [0.3, 0.4) is 0 Å². The number of fused-ring (bicyclic) bond motifs is 1. The van der Waals surface area contributed by atoms with Crippen LogP contribution in [0.1, 0.15) is 37.1 Å². The van der Waals surface area contributed by atoms with Crippen molar-refractivity contribution in [2.45, 2.75) is 43.7 Å². The van der Waals surface area contributed by atoms with Gasteiger partial charge in [0.25, 0.3) is 0 Å². The van der Waals surface area contributed by atoms with Crippen LogP contribution < -0.4 is 5.32 Å². The molecule has 0 radical (unpaired) electrons. The Kier molecular flexibility index (Phi) is 4.72. The summed E-state index contributed by atoms with van der Waals surface area (Å²) in [7, 11) is 0. The van der Waals surface area contributed by atoms with E-state index in [2.05, 4.69) is 33.8 Å². The highest BCUT2D eigenvalue weighted by Gasteiger charge is 2.28. The molecule has 6 nitrogen and oxygen atoms in total. The lowest BCUT2D eigenvalue weighted by atomic mass is 10.0. The summed E-state index contributed by atoms with van der Waals surface area (Å²) in [6.45, 7) is 3.29. The average Bonchev–Trinajstić information content (AvgIpc) is 3.17. The topological polar surface area (TPSA) is 72.7 Å². The maximum atomic E-state index is 12.4. The Balaban J connectivity index is 1.61. The number of nitrogens with zero attached hydrogens (tertiary/aromatic N) is 4. The highest BCUT2D eigenvalue weighted by Crippen LogP contribution is 2.39. The predicted molar refractivity (Wildman–Crippen MR) is 84.5 cm³/mol. The van der Waals surface area contributed by atoms with Gasteiger partial charge in [-0.3, -0.25) is 4.79 Å². The molecule has 0 aliphatic carbocycles. The largest absolute Gasteiger partial charge is 0.348 e. The SMILES string of the molecule is CCCCn1nnnc1CNC(=O)C1CSc2ccccc21. The van der Waals surface area contributed by atoms with Crippen LogP contribution in [0.25, 0.3) is 0 Å². The second kappa shape index (κ2) is 6.91. The third-order valence-corrected chi connectivity index (χ3v) is 4.95. The number of thioether (sulfide) groups is 1. The first-order valence-corrected chi connectivity index (χ1v) is 8.52. The van der Waals surface area contributed by atoms with Crippen LogP contribution in [0.2, 0.25) is 0 Å². The lowest BCUT2D eigenvalue weighted by Gasteiger charge is -2.11. The van der Waals surface area contributed by atoms with Crippen molar-refractivity contribution in [1.29, 1.82) is 0 Å². The van der Waals surface area contributed by atoms with E-state index >= 15 is 0 Å². The van der Waals surface area contributed by atoms with Gasteiger partial charge in [-0.2, -0.15) is 0 Å². The number of aryl methyl sites for hydroxylation is 1. The van der Waals surface area contributed by atoms with Gasteiger partial charge in [0, 0.05) is 17.2 Å². The van der Waals surface area contributed by atoms with E-state index in [1.54, 1.807) is 16.4 Å². The molecule has 0 spiro atoms. The number of carbonyl (C=O) groups is 1. The molecule has 1 aliphatic heterocycles. The normalized spacial score (nSPS) is 16.5. The summed E-state index contributed by atoms with van der Waals surface area (Å²) in [6, 6.07) is 8.09. The zero-order valence-corrected chi connectivity index (χ0v) is 13.3. The number of unbranched alkanes of at least 4 members (excludes halogenated alkanes) is 1. The van der Waals surface area contributed by atoms with Gasteiger partial charge in [0.2, 0.25) is 5.91 Å². The standard InChI is InChI=1S/C15H19N5OS/c1-2-3-8-20-14(17-18-19-20)9-16-15(21)12-10-22-13-7-5-4-6-11(12)13/h4-7,12H,2-3,8-10H2,1H3,(H,16,21). The lowest BCUT2D eigenvalue weighted by molar-refractivity contribution is -0.122. The molecule has 22 heavy (non-hydrogen) atoms. The van der Waals surface area contributed by atoms with Gasteiger partial charge in [-0.1, -0.05) is 31.5 Å². The summed E-state index contributed by atoms with van der Waals surface area (Å²) in [5.41, 5.74) is 1.12. The zero-order valence-electron chi connectivity index (χ0n) is 12.5. The number of hydrogen-bond acceptors (Lipinski definition) is 5. The van der Waals surface area contributed by atoms with Crippen LogP contribution in [0, 0.1) is 0 Å². The third-order valence-electron chi connectivity index (χ3n) is 3.77. The summed E-state index contributed by atoms with van der Waals surface area (Å²) >= 11 is 1.74. The van der Waals surface area contributed by atoms with Crippen molar-refractivity contribution in [3.05, 3.63) is 35.7 Å². The number of rotatable bonds is 6. The molecule has 0 saturated carbocycles. The van der Waals surface area contributed by atoms with Gasteiger partial charge in [0.1, 0.15) is 0 Å². The Hall–Kier alpha value is -1.89. The molecule has 0 bridgehead atoms. The van der Waals surface area contributed by atoms with E-state index < -0.39 is 0 Å². The summed E-state index contributed by atoms with van der Waals surface area (Å²) in [5.74, 6) is 1.47. The smallest absolute Gasteiger partial charge is 0.228 e. The van der Waals surface area contributed by atoms with Gasteiger partial charge in [-0.15, -0.1) is 16.9 Å². The molecule has 1 unspecified atom stereocenters. The second-order valence-electron chi connectivity index (χ2n) is 5.29. The number of aromatic nitrogens is 4. The minimum atomic E-state index is -0.0822. The van der Waals surface area contributed by atoms with Crippen LogP contribution >= 0.6 is 11.8 Å². The predicted octanol–water partition coefficient (Wildman–Crippen LogP) is 1.98. The van der Waals surface area contributed by atoms with Crippen LogP contribution in [-0.4, -0.2) is 31.9 Å². The number of nitrogens with one attached hydrogen (secondary N) is 1. The molecule has 7 heteroatoms. The number of carbonyl (C=O) groups excluding carboxylic acids is 1. The van der Waals surface area contributed by atoms with E-state index in [1.165, 1.54) is 4.90 Å². The third kappa shape index (κ3) is 3.14. The van der Waals surface area contributed by atoms with Crippen molar-refractivity contribution in [3.8, 4) is 0 Å². The molecule has 1 aromatic carbocycles. The van der Waals surface area contributed by atoms with E-state index in [0.717, 1.165) is 30.7 Å². The Morgan fingerprint density at radius 1 is 1.45 bits per heavy atom. The lowest BCUT2D eigenvalue weighted by Crippen LogP contribution is -2.30. The minimum absolute atomic E-state index is 0.0440. The molecule has 0 saturated heterocycles. The van der Waals surface area contributed by atoms with E-state index in [4.69, 9.17) is 0 Å². The minimum Gasteiger partial charge on any atom is -0.348 e. The summed E-state index contributed by atoms with van der Waals surface area (Å²) in [5, 5.41) is 14.6. The first-order chi connectivity index (χ1) is 10.8. The van der Waals surface area contributed by atoms with Gasteiger partial charge >= 0.3 is 0 Å². The molecular weight excluding hydrogens is 298 g/mol. The fraction of sp³-hybridized carbons (Fsp3) is 0.467. The van der Waals surface area contributed by atoms with Gasteiger partial charge < -0.3 is 5.32 Å². The Morgan fingerprint density at radius 3 is 3.18 bits per heavy atom. The van der Waals surface area contributed by atoms with E-state index in [1.807, 2.05) is 18.2 Å². The Morgan fingerprint density at radius 2 is 2.32 bits per heavy atom. The Labute approximate surface area is 133 Å². The van der Waals surface area contributed by atoms with Crippen LogP contribution in [0.4, 0.5) is 0 Å². The monoisotopic (exact) mass is 317 g/mol. The molecule has 1 atom stereocenters. The molecule has 116 valence electrons. The molecule has 1 amide bonds. The van der Waals surface area contributed by atoms with E-state index in [0.29, 0.717) is 12.4 Å². The highest BCUT2D eigenvalue weighted by molar-refractivity contribution is 7.99.